The van der Waals surface area contributed by atoms with E-state index in [-0.39, 0.29) is 13.1 Å². The monoisotopic (exact) mass is 419 g/mol. The van der Waals surface area contributed by atoms with Gasteiger partial charge in [0, 0.05) is 44.6 Å². The van der Waals surface area contributed by atoms with Gasteiger partial charge in [0.25, 0.3) is 0 Å². The van der Waals surface area contributed by atoms with E-state index in [1.165, 1.54) is 0 Å². The van der Waals surface area contributed by atoms with Gasteiger partial charge in [-0.05, 0) is 31.2 Å². The van der Waals surface area contributed by atoms with Crippen molar-refractivity contribution in [1.29, 1.82) is 0 Å². The van der Waals surface area contributed by atoms with E-state index in [4.69, 9.17) is 0 Å². The Labute approximate surface area is 167 Å². The van der Waals surface area contributed by atoms with Crippen molar-refractivity contribution in [2.24, 2.45) is 0 Å². The minimum atomic E-state index is -4.26. The second-order valence-electron chi connectivity index (χ2n) is 6.66. The van der Waals surface area contributed by atoms with Crippen molar-refractivity contribution in [1.82, 2.24) is 18.8 Å². The van der Waals surface area contributed by atoms with Crippen LogP contribution >= 0.6 is 0 Å². The van der Waals surface area contributed by atoms with Crippen molar-refractivity contribution in [3.05, 3.63) is 66.3 Å². The number of anilines is 1. The van der Waals surface area contributed by atoms with Gasteiger partial charge in [-0.15, -0.1) is 0 Å². The first-order valence-electron chi connectivity index (χ1n) is 9.04. The summed E-state index contributed by atoms with van der Waals surface area (Å²) in [5.74, 6) is -0.198. The molecule has 0 saturated carbocycles. The Hall–Kier alpha value is -2.85. The first-order valence-corrected chi connectivity index (χ1v) is 10.5. The number of nitrogens with zero attached hydrogens (tertiary/aromatic N) is 5. The van der Waals surface area contributed by atoms with Crippen molar-refractivity contribution >= 4 is 15.8 Å². The molecule has 0 aliphatic carbocycles. The van der Waals surface area contributed by atoms with Crippen LogP contribution in [-0.4, -0.2) is 53.4 Å². The summed E-state index contributed by atoms with van der Waals surface area (Å²) in [7, 11) is -4.26. The molecular formula is C19H19F2N5O2S. The highest BCUT2D eigenvalue weighted by molar-refractivity contribution is 7.89. The number of aromatic nitrogens is 3. The third-order valence-corrected chi connectivity index (χ3v) is 6.71. The second-order valence-corrected chi connectivity index (χ2v) is 8.54. The normalized spacial score (nSPS) is 15.6. The Kier molecular flexibility index (Phi) is 5.05. The van der Waals surface area contributed by atoms with Crippen LogP contribution in [0.15, 0.2) is 53.7 Å². The molecule has 0 radical (unpaired) electrons. The van der Waals surface area contributed by atoms with Crippen LogP contribution in [0.1, 0.15) is 5.82 Å². The van der Waals surface area contributed by atoms with Crippen molar-refractivity contribution < 1.29 is 17.2 Å². The molecule has 152 valence electrons. The third-order valence-electron chi connectivity index (χ3n) is 4.76. The second kappa shape index (κ2) is 7.53. The molecule has 4 rings (SSSR count). The van der Waals surface area contributed by atoms with Gasteiger partial charge in [-0.2, -0.15) is 4.31 Å². The fourth-order valence-corrected chi connectivity index (χ4v) is 4.86. The third kappa shape index (κ3) is 3.73. The predicted molar refractivity (Wildman–Crippen MR) is 103 cm³/mol. The molecular weight excluding hydrogens is 400 g/mol. The highest BCUT2D eigenvalue weighted by atomic mass is 32.2. The number of aryl methyl sites for hydroxylation is 1. The molecule has 0 N–H and O–H groups in total. The zero-order valence-electron chi connectivity index (χ0n) is 15.7. The Morgan fingerprint density at radius 1 is 0.897 bits per heavy atom. The Morgan fingerprint density at radius 3 is 2.10 bits per heavy atom. The maximum Gasteiger partial charge on any atom is 0.249 e. The molecule has 1 aromatic carbocycles. The summed E-state index contributed by atoms with van der Waals surface area (Å²) < 4.78 is 56.4. The van der Waals surface area contributed by atoms with E-state index in [1.807, 2.05) is 40.1 Å². The molecule has 7 nitrogen and oxygen atoms in total. The lowest BCUT2D eigenvalue weighted by molar-refractivity contribution is 0.377. The molecule has 1 saturated heterocycles. The van der Waals surface area contributed by atoms with Gasteiger partial charge in [-0.25, -0.2) is 27.2 Å². The Balaban J connectivity index is 1.54. The molecule has 10 heteroatoms. The van der Waals surface area contributed by atoms with Crippen LogP contribution in [0.4, 0.5) is 14.6 Å². The summed E-state index contributed by atoms with van der Waals surface area (Å²) in [5.41, 5.74) is 0. The fourth-order valence-electron chi connectivity index (χ4n) is 3.33. The molecule has 0 unspecified atom stereocenters. The number of hydrogen-bond acceptors (Lipinski definition) is 5. The van der Waals surface area contributed by atoms with Crippen molar-refractivity contribution in [3.63, 3.8) is 0 Å². The number of rotatable bonds is 4. The maximum absolute atomic E-state index is 14.0. The molecule has 0 bridgehead atoms. The smallest absolute Gasteiger partial charge is 0.249 e. The average molecular weight is 419 g/mol. The molecule has 0 amide bonds. The van der Waals surface area contributed by atoms with Gasteiger partial charge >= 0.3 is 0 Å². The standard InChI is InChI=1S/C19H19F2N5O2S/c1-14-22-17(24-7-2-3-8-24)13-18(23-14)25-9-11-26(12-10-25)29(27,28)19-15(20)5-4-6-16(19)21/h2-8,13H,9-12H2,1H3. The first-order chi connectivity index (χ1) is 13.9. The maximum atomic E-state index is 14.0. The van der Waals surface area contributed by atoms with Gasteiger partial charge in [0.15, 0.2) is 4.90 Å². The molecule has 2 aromatic heterocycles. The zero-order valence-corrected chi connectivity index (χ0v) is 16.5. The summed E-state index contributed by atoms with van der Waals surface area (Å²) in [6, 6.07) is 8.64. The van der Waals surface area contributed by atoms with Crippen LogP contribution in [0.5, 0.6) is 0 Å². The summed E-state index contributed by atoms with van der Waals surface area (Å²) >= 11 is 0. The molecule has 1 fully saturated rings. The van der Waals surface area contributed by atoms with Crippen molar-refractivity contribution in [2.75, 3.05) is 31.1 Å². The highest BCUT2D eigenvalue weighted by Crippen LogP contribution is 2.25. The number of halogens is 2. The minimum absolute atomic E-state index is 0.0952. The van der Waals surface area contributed by atoms with Crippen LogP contribution < -0.4 is 4.90 Å². The largest absolute Gasteiger partial charge is 0.354 e. The lowest BCUT2D eigenvalue weighted by Gasteiger charge is -2.34. The van der Waals surface area contributed by atoms with Gasteiger partial charge < -0.3 is 9.47 Å². The summed E-state index contributed by atoms with van der Waals surface area (Å²) in [5, 5.41) is 0. The van der Waals surface area contributed by atoms with Crippen molar-refractivity contribution in [2.45, 2.75) is 11.8 Å². The van der Waals surface area contributed by atoms with E-state index in [9.17, 15) is 17.2 Å². The van der Waals surface area contributed by atoms with E-state index in [1.54, 1.807) is 6.92 Å². The summed E-state index contributed by atoms with van der Waals surface area (Å²) in [6.07, 6.45) is 3.75. The number of benzene rings is 1. The molecule has 3 heterocycles. The van der Waals surface area contributed by atoms with Gasteiger partial charge in [0.05, 0.1) is 0 Å². The highest BCUT2D eigenvalue weighted by Gasteiger charge is 2.33. The van der Waals surface area contributed by atoms with Gasteiger partial charge in [0.2, 0.25) is 10.0 Å². The van der Waals surface area contributed by atoms with Crippen LogP contribution in [-0.2, 0) is 10.0 Å². The quantitative estimate of drug-likeness (QED) is 0.649. The molecule has 3 aromatic rings. The SMILES string of the molecule is Cc1nc(N2CCN(S(=O)(=O)c3c(F)cccc3F)CC2)cc(-n2cccc2)n1. The molecule has 1 aliphatic heterocycles. The van der Waals surface area contributed by atoms with Crippen LogP contribution in [0, 0.1) is 18.6 Å². The Bertz CT molecular complexity index is 1110. The molecule has 0 atom stereocenters. The van der Waals surface area contributed by atoms with Crippen LogP contribution in [0.25, 0.3) is 5.82 Å². The topological polar surface area (TPSA) is 71.3 Å². The number of hydrogen-bond donors (Lipinski definition) is 0. The summed E-state index contributed by atoms with van der Waals surface area (Å²) in [4.78, 5) is 9.91. The van der Waals surface area contributed by atoms with E-state index < -0.39 is 26.6 Å². The molecule has 29 heavy (non-hydrogen) atoms. The van der Waals surface area contributed by atoms with Crippen LogP contribution in [0.3, 0.4) is 0 Å². The first kappa shape index (κ1) is 19.5. The van der Waals surface area contributed by atoms with Gasteiger partial charge in [-0.3, -0.25) is 0 Å². The number of sulfonamides is 1. The van der Waals surface area contributed by atoms with E-state index in [0.717, 1.165) is 22.5 Å². The molecule has 1 aliphatic rings. The summed E-state index contributed by atoms with van der Waals surface area (Å²) in [6.45, 7) is 2.67. The van der Waals surface area contributed by atoms with E-state index in [0.29, 0.717) is 30.5 Å². The zero-order chi connectivity index (χ0) is 20.6. The lowest BCUT2D eigenvalue weighted by Crippen LogP contribution is -2.49. The fraction of sp³-hybridized carbons (Fsp3) is 0.263. The average Bonchev–Trinajstić information content (AvgIpc) is 3.22. The van der Waals surface area contributed by atoms with Gasteiger partial charge in [0.1, 0.15) is 29.1 Å². The van der Waals surface area contributed by atoms with E-state index >= 15 is 0 Å². The Morgan fingerprint density at radius 2 is 1.48 bits per heavy atom. The lowest BCUT2D eigenvalue weighted by atomic mass is 10.3. The van der Waals surface area contributed by atoms with Crippen molar-refractivity contribution in [3.8, 4) is 5.82 Å². The predicted octanol–water partition coefficient (Wildman–Crippen LogP) is 2.36. The van der Waals surface area contributed by atoms with E-state index in [2.05, 4.69) is 9.97 Å². The van der Waals surface area contributed by atoms with Crippen LogP contribution in [0.2, 0.25) is 0 Å². The molecule has 0 spiro atoms. The van der Waals surface area contributed by atoms with Gasteiger partial charge in [-0.1, -0.05) is 6.07 Å². The number of piperazine rings is 1. The minimum Gasteiger partial charge on any atom is -0.354 e.